The third-order valence-electron chi connectivity index (χ3n) is 4.54. The van der Waals surface area contributed by atoms with Gasteiger partial charge in [-0.15, -0.1) is 0 Å². The molecule has 1 aromatic carbocycles. The van der Waals surface area contributed by atoms with Gasteiger partial charge < -0.3 is 15.8 Å². The van der Waals surface area contributed by atoms with E-state index in [2.05, 4.69) is 28.5 Å². The first-order valence-electron chi connectivity index (χ1n) is 9.19. The lowest BCUT2D eigenvalue weighted by atomic mass is 9.96. The predicted octanol–water partition coefficient (Wildman–Crippen LogP) is 4.43. The molecule has 0 heterocycles. The first-order valence-corrected chi connectivity index (χ1v) is 9.19. The number of rotatable bonds is 4. The van der Waals surface area contributed by atoms with Crippen molar-refractivity contribution in [2.24, 2.45) is 10.7 Å². The molecule has 0 saturated heterocycles. The Balaban J connectivity index is 0.000000170. The molecule has 4 rings (SSSR count). The molecule has 4 heteroatoms. The summed E-state index contributed by atoms with van der Waals surface area (Å²) < 4.78 is 5.26. The van der Waals surface area contributed by atoms with E-state index in [1.807, 2.05) is 37.3 Å². The maximum atomic E-state index is 5.88. The molecule has 3 aliphatic carbocycles. The van der Waals surface area contributed by atoms with E-state index in [0.717, 1.165) is 18.0 Å². The van der Waals surface area contributed by atoms with Gasteiger partial charge in [-0.1, -0.05) is 49.6 Å². The molecular formula is C21H27N3O. The molecular weight excluding hydrogens is 310 g/mol. The van der Waals surface area contributed by atoms with Crippen LogP contribution in [0.3, 0.4) is 0 Å². The molecule has 0 amide bonds. The van der Waals surface area contributed by atoms with E-state index < -0.39 is 0 Å². The third kappa shape index (κ3) is 4.75. The highest BCUT2D eigenvalue weighted by atomic mass is 16.5. The highest BCUT2D eigenvalue weighted by molar-refractivity contribution is 5.92. The van der Waals surface area contributed by atoms with Gasteiger partial charge in [0.15, 0.2) is 5.96 Å². The molecule has 0 unspecified atom stereocenters. The number of aliphatic imine (C=N–C) groups is 1. The summed E-state index contributed by atoms with van der Waals surface area (Å²) in [5.41, 5.74) is 6.88. The zero-order valence-electron chi connectivity index (χ0n) is 14.9. The van der Waals surface area contributed by atoms with Gasteiger partial charge in [0.25, 0.3) is 0 Å². The molecule has 4 nitrogen and oxygen atoms in total. The second-order valence-electron chi connectivity index (χ2n) is 6.44. The third-order valence-corrected chi connectivity index (χ3v) is 4.54. The topological polar surface area (TPSA) is 59.6 Å². The number of para-hydroxylation sites is 1. The molecule has 25 heavy (non-hydrogen) atoms. The molecule has 0 bridgehead atoms. The van der Waals surface area contributed by atoms with Crippen LogP contribution in [0.4, 0.5) is 5.69 Å². The minimum atomic E-state index is 0.421. The quantitative estimate of drug-likeness (QED) is 0.547. The standard InChI is InChI=1S/C13H19N3.C8H8O/c14-13(15-11-7-3-1-4-8-11)16-12-9-5-2-6-10-12;1-2-9-8-5-6-3-4-7(6)8/h1,3-4,7-8,12H,2,5-6,9-10H2,(H3,14,15,16);3-5H,2H2,1H3. The van der Waals surface area contributed by atoms with Crippen LogP contribution < -0.4 is 15.8 Å². The molecule has 3 N–H and O–H groups in total. The van der Waals surface area contributed by atoms with E-state index in [1.54, 1.807) is 0 Å². The Labute approximate surface area is 149 Å². The van der Waals surface area contributed by atoms with Crippen LogP contribution in [0.5, 0.6) is 5.75 Å². The second kappa shape index (κ2) is 8.56. The smallest absolute Gasteiger partial charge is 0.193 e. The van der Waals surface area contributed by atoms with Gasteiger partial charge >= 0.3 is 0 Å². The Morgan fingerprint density at radius 1 is 1.12 bits per heavy atom. The Bertz CT molecular complexity index is 796. The van der Waals surface area contributed by atoms with Crippen molar-refractivity contribution in [3.8, 4) is 5.75 Å². The first kappa shape index (κ1) is 17.3. The molecule has 132 valence electrons. The van der Waals surface area contributed by atoms with E-state index >= 15 is 0 Å². The van der Waals surface area contributed by atoms with Crippen molar-refractivity contribution in [1.29, 1.82) is 0 Å². The highest BCUT2D eigenvalue weighted by Crippen LogP contribution is 2.23. The fraction of sp³-hybridized carbons (Fsp3) is 0.381. The average Bonchev–Trinajstić information content (AvgIpc) is 2.61. The Hall–Kier alpha value is -2.49. The summed E-state index contributed by atoms with van der Waals surface area (Å²) >= 11 is 0. The molecule has 1 saturated carbocycles. The van der Waals surface area contributed by atoms with E-state index in [1.165, 1.54) is 42.5 Å². The first-order chi connectivity index (χ1) is 12.3. The Morgan fingerprint density at radius 3 is 2.44 bits per heavy atom. The number of guanidine groups is 1. The minimum Gasteiger partial charge on any atom is -0.493 e. The summed E-state index contributed by atoms with van der Waals surface area (Å²) in [7, 11) is 0. The zero-order valence-corrected chi connectivity index (χ0v) is 14.9. The lowest BCUT2D eigenvalue weighted by molar-refractivity contribution is 0.334. The van der Waals surface area contributed by atoms with Gasteiger partial charge in [0, 0.05) is 10.9 Å². The van der Waals surface area contributed by atoms with Crippen LogP contribution in [0.25, 0.3) is 0 Å². The van der Waals surface area contributed by atoms with Crippen LogP contribution in [-0.4, -0.2) is 18.6 Å². The van der Waals surface area contributed by atoms with Crippen LogP contribution in [0.2, 0.25) is 0 Å². The molecule has 3 aliphatic rings. The van der Waals surface area contributed by atoms with Crippen LogP contribution in [0.15, 0.2) is 53.5 Å². The predicted molar refractivity (Wildman–Crippen MR) is 104 cm³/mol. The van der Waals surface area contributed by atoms with E-state index in [4.69, 9.17) is 10.5 Å². The van der Waals surface area contributed by atoms with E-state index in [-0.39, 0.29) is 0 Å². The van der Waals surface area contributed by atoms with Crippen LogP contribution in [-0.2, 0) is 0 Å². The molecule has 1 aromatic rings. The monoisotopic (exact) mass is 337 g/mol. The molecule has 1 fully saturated rings. The lowest BCUT2D eigenvalue weighted by Crippen LogP contribution is -2.25. The summed E-state index contributed by atoms with van der Waals surface area (Å²) in [6.07, 6.45) is 6.27. The largest absolute Gasteiger partial charge is 0.493 e. The highest BCUT2D eigenvalue weighted by Gasteiger charge is 2.12. The average molecular weight is 337 g/mol. The number of anilines is 1. The molecule has 0 atom stereocenters. The van der Waals surface area contributed by atoms with Gasteiger partial charge in [-0.2, -0.15) is 0 Å². The van der Waals surface area contributed by atoms with Crippen molar-refractivity contribution >= 4 is 11.6 Å². The summed E-state index contributed by atoms with van der Waals surface area (Å²) in [5, 5.41) is 5.77. The summed E-state index contributed by atoms with van der Waals surface area (Å²) in [6, 6.07) is 16.6. The maximum absolute atomic E-state index is 5.88. The summed E-state index contributed by atoms with van der Waals surface area (Å²) in [5.74, 6) is 1.60. The number of nitrogens with two attached hydrogens (primary N) is 1. The number of nitrogens with one attached hydrogen (secondary N) is 1. The summed E-state index contributed by atoms with van der Waals surface area (Å²) in [6.45, 7) is 2.78. The van der Waals surface area contributed by atoms with Gasteiger partial charge in [-0.25, -0.2) is 4.99 Å². The Kier molecular flexibility index (Phi) is 5.94. The fourth-order valence-electron chi connectivity index (χ4n) is 3.14. The van der Waals surface area contributed by atoms with E-state index in [9.17, 15) is 0 Å². The molecule has 0 aliphatic heterocycles. The van der Waals surface area contributed by atoms with Gasteiger partial charge in [-0.05, 0) is 43.2 Å². The molecule has 0 aromatic heterocycles. The zero-order chi connectivity index (χ0) is 17.5. The lowest BCUT2D eigenvalue weighted by Gasteiger charge is -2.18. The van der Waals surface area contributed by atoms with Gasteiger partial charge in [-0.3, -0.25) is 0 Å². The number of hydrogen-bond acceptors (Lipinski definition) is 2. The number of nitrogens with zero attached hydrogens (tertiary/aromatic N) is 1. The fourth-order valence-corrected chi connectivity index (χ4v) is 3.14. The van der Waals surface area contributed by atoms with Gasteiger partial charge in [0.1, 0.15) is 5.75 Å². The van der Waals surface area contributed by atoms with Crippen molar-refractivity contribution in [1.82, 2.24) is 0 Å². The van der Waals surface area contributed by atoms with Crippen LogP contribution in [0, 0.1) is 10.4 Å². The maximum Gasteiger partial charge on any atom is 0.193 e. The number of hydrogen-bond donors (Lipinski definition) is 2. The van der Waals surface area contributed by atoms with Crippen LogP contribution >= 0.6 is 0 Å². The SMILES string of the molecule is CCOc1cc2ccc1=2.NC(=NC1CCCCC1)Nc1ccccc1. The van der Waals surface area contributed by atoms with Gasteiger partial charge in [0.05, 0.1) is 12.6 Å². The van der Waals surface area contributed by atoms with Crippen LogP contribution in [0.1, 0.15) is 39.0 Å². The number of benzene rings is 2. The summed E-state index contributed by atoms with van der Waals surface area (Å²) in [4.78, 5) is 4.51. The Morgan fingerprint density at radius 2 is 1.88 bits per heavy atom. The van der Waals surface area contributed by atoms with E-state index in [0.29, 0.717) is 12.0 Å². The second-order valence-corrected chi connectivity index (χ2v) is 6.44. The van der Waals surface area contributed by atoms with Crippen molar-refractivity contribution in [2.75, 3.05) is 11.9 Å². The van der Waals surface area contributed by atoms with Crippen molar-refractivity contribution in [3.63, 3.8) is 0 Å². The van der Waals surface area contributed by atoms with Gasteiger partial charge in [0.2, 0.25) is 0 Å². The normalized spacial score (nSPS) is 15.8. The minimum absolute atomic E-state index is 0.421. The number of ether oxygens (including phenoxy) is 1. The molecule has 0 radical (unpaired) electrons. The van der Waals surface area contributed by atoms with Crippen molar-refractivity contribution in [2.45, 2.75) is 45.1 Å². The van der Waals surface area contributed by atoms with Crippen molar-refractivity contribution in [3.05, 3.63) is 59.0 Å². The molecule has 0 spiro atoms. The van der Waals surface area contributed by atoms with Crippen molar-refractivity contribution < 1.29 is 4.74 Å².